The average molecular weight is 1130 g/mol. The molecule has 0 aromatic heterocycles. The van der Waals surface area contributed by atoms with Crippen LogP contribution in [0.3, 0.4) is 0 Å². The number of carboxylic acids is 1. The van der Waals surface area contributed by atoms with Crippen LogP contribution in [0.5, 0.6) is 0 Å². The number of methoxy groups -OCH3 is 4. The number of allylic oxidation sites excluding steroid dienone is 4. The van der Waals surface area contributed by atoms with E-state index in [0.29, 0.717) is 12.0 Å². The van der Waals surface area contributed by atoms with E-state index in [1.54, 1.807) is 34.8 Å². The number of aliphatic hydroxyl groups is 1. The van der Waals surface area contributed by atoms with E-state index in [4.69, 9.17) is 39.9 Å². The number of hydrogen-bond donors (Lipinski definition) is 6. The van der Waals surface area contributed by atoms with Crippen LogP contribution < -0.4 is 56.5 Å². The van der Waals surface area contributed by atoms with E-state index in [2.05, 4.69) is 58.9 Å². The number of aliphatic hydroxyl groups excluding tert-OH is 1. The van der Waals surface area contributed by atoms with Crippen LogP contribution in [0.25, 0.3) is 0 Å². The van der Waals surface area contributed by atoms with Crippen molar-refractivity contribution >= 4 is 55.7 Å². The first-order valence-corrected chi connectivity index (χ1v) is 25.2. The van der Waals surface area contributed by atoms with Gasteiger partial charge in [0.05, 0.1) is 21.3 Å². The van der Waals surface area contributed by atoms with E-state index >= 15 is 0 Å². The van der Waals surface area contributed by atoms with Crippen molar-refractivity contribution in [3.05, 3.63) is 24.3 Å². The number of esters is 2. The Bertz CT molecular complexity index is 707. The van der Waals surface area contributed by atoms with Crippen LogP contribution in [0.1, 0.15) is 234 Å². The van der Waals surface area contributed by atoms with Gasteiger partial charge in [0.2, 0.25) is 0 Å². The van der Waals surface area contributed by atoms with Gasteiger partial charge in [-0.3, -0.25) is 14.4 Å². The van der Waals surface area contributed by atoms with E-state index in [0.717, 1.165) is 27.4 Å². The van der Waals surface area contributed by atoms with Crippen molar-refractivity contribution in [3.8, 4) is 0 Å². The molecule has 0 amide bonds. The Hall–Kier alpha value is -1.20. The number of alkyl halides is 2. The second-order valence-electron chi connectivity index (χ2n) is 10.3. The molecule has 0 spiro atoms. The van der Waals surface area contributed by atoms with Gasteiger partial charge < -0.3 is 59.2 Å². The number of thiocarbonyl (C=S) groups is 1. The normalized spacial score (nSPS) is 6.82. The molecule has 0 bridgehead atoms. The molecule has 0 heterocycles. The van der Waals surface area contributed by atoms with Gasteiger partial charge in [-0.25, -0.2) is 0 Å². The Kier molecular flexibility index (Phi) is 412. The smallest absolute Gasteiger partial charge is 0.850 e. The van der Waals surface area contributed by atoms with Crippen molar-refractivity contribution in [1.29, 1.82) is 0 Å². The first-order chi connectivity index (χ1) is 33.1. The van der Waals surface area contributed by atoms with Crippen LogP contribution in [-0.2, 0) is 38.1 Å². The number of unbranched alkanes of at least 4 members (excludes halogenated alkanes) is 1. The Morgan fingerprint density at radius 2 is 0.616 bits per heavy atom. The summed E-state index contributed by atoms with van der Waals surface area (Å²) in [6.45, 7) is 59.7. The molecule has 0 aromatic rings. The van der Waals surface area contributed by atoms with Gasteiger partial charge >= 0.3 is 83.7 Å². The number of carbonyl (C=O) groups excluding carboxylic acids is 3. The summed E-state index contributed by atoms with van der Waals surface area (Å²) in [6.07, 6.45) is 9.68. The molecule has 0 aromatic carbocycles. The van der Waals surface area contributed by atoms with Crippen LogP contribution >= 0.6 is 12.2 Å². The minimum atomic E-state index is -2.96. The van der Waals surface area contributed by atoms with E-state index in [1.165, 1.54) is 67.9 Å². The number of ether oxygens (including phenoxy) is 4. The van der Waals surface area contributed by atoms with Crippen molar-refractivity contribution in [2.45, 2.75) is 259 Å². The largest absolute Gasteiger partial charge is 1.00 e. The summed E-state index contributed by atoms with van der Waals surface area (Å²) < 4.78 is 38.8. The zero-order chi connectivity index (χ0) is 64.9. The molecule has 0 fully saturated rings. The molecular formula is C52H131B2F2KO15S. The second kappa shape index (κ2) is 207. The maximum absolute atomic E-state index is 11.2. The Morgan fingerprint density at radius 3 is 0.616 bits per heavy atom. The topological polar surface area (TPSA) is 250 Å². The van der Waals surface area contributed by atoms with Crippen molar-refractivity contribution in [1.82, 2.24) is 0 Å². The third-order valence-corrected chi connectivity index (χ3v) is 2.55. The van der Waals surface area contributed by atoms with Gasteiger partial charge in [0, 0.05) is 48.8 Å². The van der Waals surface area contributed by atoms with Crippen LogP contribution in [-0.4, -0.2) is 121 Å². The third-order valence-electron chi connectivity index (χ3n) is 2.39. The van der Waals surface area contributed by atoms with Gasteiger partial charge in [0.25, 0.3) is 5.97 Å². The molecule has 0 saturated heterocycles. The SMILES string of the molecule is CB(O)O.CB(O)O.CC.CC.CC.CC.CC.CC.CC.CC(=O)O.CC(C)(C)[O-].CC=CC.CC=CC.CC=O.CCC.CCCC.CO.COC(C)(F)F.COC(C)=O.COC(C)=O.COC(C)=S.[K+]. The maximum Gasteiger partial charge on any atom is 1.00 e. The maximum atomic E-state index is 11.2. The molecular weight excluding hydrogens is 995 g/mol. The molecule has 0 aliphatic heterocycles. The molecule has 15 nitrogen and oxygen atoms in total. The molecule has 21 heteroatoms. The van der Waals surface area contributed by atoms with Gasteiger partial charge in [0.1, 0.15) is 6.29 Å². The average Bonchev–Trinajstić information content (AvgIpc) is 3.34. The van der Waals surface area contributed by atoms with Crippen molar-refractivity contribution < 1.29 is 134 Å². The van der Waals surface area contributed by atoms with Gasteiger partial charge in [-0.1, -0.05) is 189 Å². The Balaban J connectivity index is -0.0000000189. The Labute approximate surface area is 504 Å². The molecule has 0 aliphatic carbocycles. The molecule has 0 rings (SSSR count). The molecule has 73 heavy (non-hydrogen) atoms. The molecule has 0 saturated carbocycles. The van der Waals surface area contributed by atoms with Crippen molar-refractivity contribution in [2.75, 3.05) is 35.5 Å². The van der Waals surface area contributed by atoms with Crippen molar-refractivity contribution in [3.63, 3.8) is 0 Å². The van der Waals surface area contributed by atoms with Crippen LogP contribution in [0, 0.1) is 0 Å². The molecule has 0 unspecified atom stereocenters. The number of rotatable bonds is 2. The molecule has 456 valence electrons. The monoisotopic (exact) mass is 1130 g/mol. The van der Waals surface area contributed by atoms with Crippen molar-refractivity contribution in [2.24, 2.45) is 0 Å². The minimum Gasteiger partial charge on any atom is -0.850 e. The second-order valence-corrected chi connectivity index (χ2v) is 10.8. The number of aliphatic carboxylic acids is 1. The van der Waals surface area contributed by atoms with Gasteiger partial charge in [0.15, 0.2) is 5.05 Å². The summed E-state index contributed by atoms with van der Waals surface area (Å²) in [7, 11) is 3.88. The van der Waals surface area contributed by atoms with Gasteiger partial charge in [-0.15, -0.1) is 5.60 Å². The molecule has 0 radical (unpaired) electrons. The predicted molar refractivity (Wildman–Crippen MR) is 320 cm³/mol. The van der Waals surface area contributed by atoms with E-state index < -0.39 is 31.9 Å². The number of aldehydes is 1. The zero-order valence-corrected chi connectivity index (χ0v) is 59.6. The number of carbonyl (C=O) groups is 4. The summed E-state index contributed by atoms with van der Waals surface area (Å²) in [5, 5.41) is 55.6. The van der Waals surface area contributed by atoms with E-state index in [9.17, 15) is 23.5 Å². The summed E-state index contributed by atoms with van der Waals surface area (Å²) in [5.41, 5.74) is -0.750. The summed E-state index contributed by atoms with van der Waals surface area (Å²) in [4.78, 5) is 37.0. The summed E-state index contributed by atoms with van der Waals surface area (Å²) in [5.74, 6) is -1.32. The fraction of sp³-hybridized carbons (Fsp3) is 0.827. The standard InChI is InChI=1S/C4H9O.C4H10.2C4H8.C3H6F2O.2C3H6O2.C3H6OS.C3H8.C2H4O2.C2H4O.7C2H6.2CH5BO2.CH4O.K/c1-4(2,3)5;3*1-3-4-2;1-3(4,5)6-2;2*1-3(4)5-2;1-3(5)4-2;1-3-2;1-2(3)4;1-2-3;7*1-2;2*1-2(3)4;1-2;/h1-3H3;3-4H2,1-2H3;2*3-4H,1-2H3;1-2H3;3*1-2H3;3H2,1-2H3;1H3,(H,3,4);2H,1H3;7*1-2H3;2*3-4H,1H3;2H,1H3;/q-1;;;;;;;;;;;;;;;;;;;;;+1. The van der Waals surface area contributed by atoms with E-state index in [-0.39, 0.29) is 63.3 Å². The predicted octanol–water partition coefficient (Wildman–Crippen LogP) is 11.4. The zero-order valence-electron chi connectivity index (χ0n) is 55.7. The van der Waals surface area contributed by atoms with Gasteiger partial charge in [-0.2, -0.15) is 8.78 Å². The van der Waals surface area contributed by atoms with Gasteiger partial charge in [-0.05, 0) is 60.5 Å². The van der Waals surface area contributed by atoms with Crippen LogP contribution in [0.4, 0.5) is 8.78 Å². The first kappa shape index (κ1) is 145. The quantitative estimate of drug-likeness (QED) is 0.0494. The fourth-order valence-electron chi connectivity index (χ4n) is 0. The molecule has 6 N–H and O–H groups in total. The minimum absolute atomic E-state index is 0. The Morgan fingerprint density at radius 1 is 0.548 bits per heavy atom. The molecule has 0 atom stereocenters. The number of carboxylic acid groups (broad SMARTS) is 1. The number of halogens is 2. The summed E-state index contributed by atoms with van der Waals surface area (Å²) >= 11 is 4.47. The molecule has 0 aliphatic rings. The third kappa shape index (κ3) is 2870. The fourth-order valence-corrected chi connectivity index (χ4v) is 0. The first-order valence-electron chi connectivity index (χ1n) is 24.8. The number of hydrogen-bond acceptors (Lipinski definition) is 15. The van der Waals surface area contributed by atoms with Crippen LogP contribution in [0.15, 0.2) is 24.3 Å². The van der Waals surface area contributed by atoms with Crippen LogP contribution in [0.2, 0.25) is 13.6 Å². The summed E-state index contributed by atoms with van der Waals surface area (Å²) in [6, 6.07) is 0. The van der Waals surface area contributed by atoms with E-state index in [1.807, 2.05) is 149 Å².